The lowest BCUT2D eigenvalue weighted by molar-refractivity contribution is 0.391. The minimum Gasteiger partial charge on any atom is -0.480 e. The molecule has 0 aliphatic rings. The third-order valence-corrected chi connectivity index (χ3v) is 1.31. The lowest BCUT2D eigenvalue weighted by atomic mass is 10.2. The van der Waals surface area contributed by atoms with Crippen LogP contribution >= 0.6 is 0 Å². The average Bonchev–Trinajstić information content (AvgIpc) is 2.05. The van der Waals surface area contributed by atoms with Crippen molar-refractivity contribution in [3.05, 3.63) is 17.8 Å². The minimum absolute atomic E-state index is 0.583. The molecular formula is C7H10N2O. The van der Waals surface area contributed by atoms with Crippen LogP contribution in [-0.2, 0) is 6.42 Å². The zero-order valence-electron chi connectivity index (χ0n) is 6.16. The van der Waals surface area contributed by atoms with Crippen molar-refractivity contribution in [1.29, 1.82) is 0 Å². The lowest BCUT2D eigenvalue weighted by Gasteiger charge is -1.97. The Balaban J connectivity index is 2.87. The quantitative estimate of drug-likeness (QED) is 0.612. The van der Waals surface area contributed by atoms with Crippen molar-refractivity contribution in [1.82, 2.24) is 10.2 Å². The largest absolute Gasteiger partial charge is 0.480 e. The molecule has 3 nitrogen and oxygen atoms in total. The molecule has 0 radical (unpaired) electrons. The van der Waals surface area contributed by atoms with Crippen LogP contribution in [0, 0.1) is 0 Å². The molecule has 0 aromatic carbocycles. The van der Waals surface area contributed by atoms with E-state index in [0.717, 1.165) is 12.0 Å². The molecule has 1 heterocycles. The molecule has 10 heavy (non-hydrogen) atoms. The Morgan fingerprint density at radius 2 is 2.40 bits per heavy atom. The number of ether oxygens (including phenoxy) is 1. The first-order chi connectivity index (χ1) is 4.86. The molecule has 0 saturated carbocycles. The number of hydrogen-bond donors (Lipinski definition) is 0. The Kier molecular flexibility index (Phi) is 2.20. The average molecular weight is 138 g/mol. The fourth-order valence-electron chi connectivity index (χ4n) is 0.678. The van der Waals surface area contributed by atoms with Gasteiger partial charge in [-0.15, -0.1) is 5.10 Å². The molecule has 0 unspecified atom stereocenters. The van der Waals surface area contributed by atoms with Gasteiger partial charge >= 0.3 is 0 Å². The van der Waals surface area contributed by atoms with Crippen LogP contribution in [0.3, 0.4) is 0 Å². The van der Waals surface area contributed by atoms with Crippen molar-refractivity contribution in [3.63, 3.8) is 0 Å². The normalized spacial score (nSPS) is 9.40. The lowest BCUT2D eigenvalue weighted by Crippen LogP contribution is -1.91. The standard InChI is InChI=1S/C7H10N2O/c1-3-6-4-7(10-2)9-8-5-6/h4-5H,3H2,1-2H3. The molecule has 0 aliphatic carbocycles. The molecule has 0 atom stereocenters. The van der Waals surface area contributed by atoms with Gasteiger partial charge in [-0.05, 0) is 12.0 Å². The molecule has 0 amide bonds. The number of aryl methyl sites for hydroxylation is 1. The van der Waals surface area contributed by atoms with Crippen LogP contribution in [0.2, 0.25) is 0 Å². The Hall–Kier alpha value is -1.12. The summed E-state index contributed by atoms with van der Waals surface area (Å²) in [5.74, 6) is 0.583. The van der Waals surface area contributed by atoms with Crippen molar-refractivity contribution in [2.75, 3.05) is 7.11 Å². The van der Waals surface area contributed by atoms with Crippen LogP contribution in [-0.4, -0.2) is 17.3 Å². The summed E-state index contributed by atoms with van der Waals surface area (Å²) in [7, 11) is 1.59. The van der Waals surface area contributed by atoms with Crippen molar-refractivity contribution in [2.45, 2.75) is 13.3 Å². The predicted molar refractivity (Wildman–Crippen MR) is 38.0 cm³/mol. The van der Waals surface area contributed by atoms with Crippen molar-refractivity contribution in [3.8, 4) is 5.88 Å². The zero-order chi connectivity index (χ0) is 7.40. The van der Waals surface area contributed by atoms with E-state index in [1.54, 1.807) is 13.3 Å². The molecule has 1 rings (SSSR count). The molecule has 0 N–H and O–H groups in total. The van der Waals surface area contributed by atoms with Crippen LogP contribution in [0.5, 0.6) is 5.88 Å². The summed E-state index contributed by atoms with van der Waals surface area (Å²) in [6.45, 7) is 2.07. The molecule has 0 bridgehead atoms. The maximum Gasteiger partial charge on any atom is 0.233 e. The van der Waals surface area contributed by atoms with E-state index in [2.05, 4.69) is 17.1 Å². The SMILES string of the molecule is CCc1cnnc(OC)c1. The van der Waals surface area contributed by atoms with Gasteiger partial charge in [0.2, 0.25) is 5.88 Å². The molecular weight excluding hydrogens is 128 g/mol. The topological polar surface area (TPSA) is 35.0 Å². The summed E-state index contributed by atoms with van der Waals surface area (Å²) < 4.78 is 4.88. The van der Waals surface area contributed by atoms with Crippen LogP contribution < -0.4 is 4.74 Å². The van der Waals surface area contributed by atoms with Crippen molar-refractivity contribution in [2.24, 2.45) is 0 Å². The van der Waals surface area contributed by atoms with E-state index in [-0.39, 0.29) is 0 Å². The van der Waals surface area contributed by atoms with Gasteiger partial charge in [0, 0.05) is 6.07 Å². The number of rotatable bonds is 2. The van der Waals surface area contributed by atoms with Gasteiger partial charge < -0.3 is 4.74 Å². The first-order valence-electron chi connectivity index (χ1n) is 3.22. The van der Waals surface area contributed by atoms with Crippen molar-refractivity contribution < 1.29 is 4.74 Å². The highest BCUT2D eigenvalue weighted by Crippen LogP contribution is 2.05. The van der Waals surface area contributed by atoms with Crippen LogP contribution in [0.4, 0.5) is 0 Å². The van der Waals surface area contributed by atoms with E-state index < -0.39 is 0 Å². The van der Waals surface area contributed by atoms with Gasteiger partial charge in [-0.1, -0.05) is 6.92 Å². The first kappa shape index (κ1) is 6.99. The van der Waals surface area contributed by atoms with E-state index in [4.69, 9.17) is 4.74 Å². The first-order valence-corrected chi connectivity index (χ1v) is 3.22. The Morgan fingerprint density at radius 3 is 3.00 bits per heavy atom. The summed E-state index contributed by atoms with van der Waals surface area (Å²) in [5, 5.41) is 7.48. The van der Waals surface area contributed by atoms with Gasteiger partial charge in [-0.25, -0.2) is 0 Å². The van der Waals surface area contributed by atoms with Gasteiger partial charge in [0.1, 0.15) is 0 Å². The maximum atomic E-state index is 4.88. The van der Waals surface area contributed by atoms with E-state index in [9.17, 15) is 0 Å². The van der Waals surface area contributed by atoms with E-state index in [1.165, 1.54) is 0 Å². The maximum absolute atomic E-state index is 4.88. The summed E-state index contributed by atoms with van der Waals surface area (Å²) >= 11 is 0. The zero-order valence-corrected chi connectivity index (χ0v) is 6.16. The van der Waals surface area contributed by atoms with Gasteiger partial charge in [0.05, 0.1) is 13.3 Å². The van der Waals surface area contributed by atoms with E-state index >= 15 is 0 Å². The predicted octanol–water partition coefficient (Wildman–Crippen LogP) is 1.05. The van der Waals surface area contributed by atoms with Gasteiger partial charge in [-0.3, -0.25) is 0 Å². The molecule has 3 heteroatoms. The fourth-order valence-corrected chi connectivity index (χ4v) is 0.678. The minimum atomic E-state index is 0.583. The highest BCUT2D eigenvalue weighted by molar-refractivity contribution is 5.16. The highest BCUT2D eigenvalue weighted by atomic mass is 16.5. The Labute approximate surface area is 60.0 Å². The second-order valence-electron chi connectivity index (χ2n) is 1.96. The second kappa shape index (κ2) is 3.15. The van der Waals surface area contributed by atoms with Gasteiger partial charge in [0.25, 0.3) is 0 Å². The summed E-state index contributed by atoms with van der Waals surface area (Å²) in [6, 6.07) is 1.88. The third kappa shape index (κ3) is 1.43. The van der Waals surface area contributed by atoms with Crippen molar-refractivity contribution >= 4 is 0 Å². The molecule has 0 saturated heterocycles. The van der Waals surface area contributed by atoms with Gasteiger partial charge in [0.15, 0.2) is 0 Å². The third-order valence-electron chi connectivity index (χ3n) is 1.31. The number of nitrogens with zero attached hydrogens (tertiary/aromatic N) is 2. The second-order valence-corrected chi connectivity index (χ2v) is 1.96. The molecule has 54 valence electrons. The summed E-state index contributed by atoms with van der Waals surface area (Å²) in [5.41, 5.74) is 1.15. The molecule has 0 spiro atoms. The summed E-state index contributed by atoms with van der Waals surface area (Å²) in [4.78, 5) is 0. The number of aromatic nitrogens is 2. The van der Waals surface area contributed by atoms with Crippen LogP contribution in [0.1, 0.15) is 12.5 Å². The number of methoxy groups -OCH3 is 1. The Morgan fingerprint density at radius 1 is 1.60 bits per heavy atom. The monoisotopic (exact) mass is 138 g/mol. The Bertz CT molecular complexity index is 193. The van der Waals surface area contributed by atoms with Crippen LogP contribution in [0.15, 0.2) is 12.3 Å². The summed E-state index contributed by atoms with van der Waals surface area (Å²) in [6.07, 6.45) is 2.70. The number of hydrogen-bond acceptors (Lipinski definition) is 3. The van der Waals surface area contributed by atoms with E-state index in [1.807, 2.05) is 6.07 Å². The molecule has 1 aromatic rings. The van der Waals surface area contributed by atoms with Crippen LogP contribution in [0.25, 0.3) is 0 Å². The molecule has 1 aromatic heterocycles. The molecule has 0 fully saturated rings. The smallest absolute Gasteiger partial charge is 0.233 e. The fraction of sp³-hybridized carbons (Fsp3) is 0.429. The molecule has 0 aliphatic heterocycles. The van der Waals surface area contributed by atoms with E-state index in [0.29, 0.717) is 5.88 Å². The highest BCUT2D eigenvalue weighted by Gasteiger charge is 1.93. The van der Waals surface area contributed by atoms with Gasteiger partial charge in [-0.2, -0.15) is 5.10 Å².